The lowest BCUT2D eigenvalue weighted by Gasteiger charge is -2.12. The molecule has 1 aliphatic carbocycles. The average Bonchev–Trinajstić information content (AvgIpc) is 3.09. The molecule has 2 rings (SSSR count). The maximum Gasteiger partial charge on any atom is 0.321 e. The predicted molar refractivity (Wildman–Crippen MR) is 73.2 cm³/mol. The Labute approximate surface area is 121 Å². The van der Waals surface area contributed by atoms with Crippen LogP contribution in [0.3, 0.4) is 0 Å². The topological polar surface area (TPSA) is 102 Å². The van der Waals surface area contributed by atoms with Gasteiger partial charge in [-0.05, 0) is 44.0 Å². The first-order chi connectivity index (χ1) is 9.47. The molecule has 2 N–H and O–H groups in total. The number of carbonyl (C=O) groups excluding carboxylic acids is 2. The van der Waals surface area contributed by atoms with Crippen molar-refractivity contribution in [3.8, 4) is 0 Å². The van der Waals surface area contributed by atoms with E-state index in [1.807, 2.05) is 13.8 Å². The molecule has 9 heteroatoms. The molecule has 1 fully saturated rings. The number of hydrogen-bond donors (Lipinski definition) is 2. The van der Waals surface area contributed by atoms with Crippen molar-refractivity contribution in [3.05, 3.63) is 0 Å². The summed E-state index contributed by atoms with van der Waals surface area (Å²) in [5, 5.41) is 16.5. The van der Waals surface area contributed by atoms with Crippen LogP contribution in [0.25, 0.3) is 0 Å². The van der Waals surface area contributed by atoms with Crippen LogP contribution in [0.1, 0.15) is 39.7 Å². The molecule has 3 amide bonds. The molecular weight excluding hydrogens is 280 g/mol. The quantitative estimate of drug-likeness (QED) is 0.777. The number of rotatable bonds is 5. The van der Waals surface area contributed by atoms with Crippen molar-refractivity contribution in [3.63, 3.8) is 0 Å². The molecule has 0 radical (unpaired) electrons. The highest BCUT2D eigenvalue weighted by Gasteiger charge is 2.29. The molecule has 110 valence electrons. The van der Waals surface area contributed by atoms with Crippen molar-refractivity contribution in [1.29, 1.82) is 0 Å². The number of urea groups is 1. The van der Waals surface area contributed by atoms with E-state index in [-0.39, 0.29) is 11.9 Å². The number of tetrazole rings is 1. The molecule has 0 aliphatic heterocycles. The van der Waals surface area contributed by atoms with E-state index < -0.39 is 11.3 Å². The summed E-state index contributed by atoms with van der Waals surface area (Å²) in [7, 11) is 0. The van der Waals surface area contributed by atoms with Crippen LogP contribution < -0.4 is 10.6 Å². The second-order valence-electron chi connectivity index (χ2n) is 5.01. The highest BCUT2D eigenvalue weighted by atomic mass is 32.2. The number of imide groups is 1. The minimum absolute atomic E-state index is 0.0204. The van der Waals surface area contributed by atoms with E-state index in [9.17, 15) is 9.59 Å². The highest BCUT2D eigenvalue weighted by molar-refractivity contribution is 8.00. The van der Waals surface area contributed by atoms with Gasteiger partial charge >= 0.3 is 6.03 Å². The fourth-order valence-corrected chi connectivity index (χ4v) is 2.39. The minimum Gasteiger partial charge on any atom is -0.336 e. The normalized spacial score (nSPS) is 16.0. The first kappa shape index (κ1) is 14.8. The van der Waals surface area contributed by atoms with Crippen molar-refractivity contribution in [2.45, 2.75) is 56.1 Å². The first-order valence-electron chi connectivity index (χ1n) is 6.53. The van der Waals surface area contributed by atoms with Crippen LogP contribution in [0.5, 0.6) is 0 Å². The monoisotopic (exact) mass is 298 g/mol. The maximum atomic E-state index is 11.9. The second kappa shape index (κ2) is 6.21. The molecule has 8 nitrogen and oxygen atoms in total. The zero-order chi connectivity index (χ0) is 14.7. The lowest BCUT2D eigenvalue weighted by molar-refractivity contribution is -0.119. The Bertz CT molecular complexity index is 499. The van der Waals surface area contributed by atoms with Crippen LogP contribution in [0, 0.1) is 0 Å². The Morgan fingerprint density at radius 3 is 2.65 bits per heavy atom. The van der Waals surface area contributed by atoms with Gasteiger partial charge in [0.15, 0.2) is 0 Å². The summed E-state index contributed by atoms with van der Waals surface area (Å²) in [4.78, 5) is 23.3. The molecule has 20 heavy (non-hydrogen) atoms. The van der Waals surface area contributed by atoms with Gasteiger partial charge < -0.3 is 5.32 Å². The Morgan fingerprint density at radius 1 is 1.35 bits per heavy atom. The van der Waals surface area contributed by atoms with Gasteiger partial charge in [0.2, 0.25) is 11.1 Å². The van der Waals surface area contributed by atoms with E-state index in [4.69, 9.17) is 0 Å². The van der Waals surface area contributed by atoms with E-state index in [0.29, 0.717) is 11.2 Å². The fourth-order valence-electron chi connectivity index (χ4n) is 1.53. The maximum absolute atomic E-state index is 11.9. The number of nitrogens with one attached hydrogen (secondary N) is 2. The summed E-state index contributed by atoms with van der Waals surface area (Å²) in [5.74, 6) is -0.363. The van der Waals surface area contributed by atoms with Gasteiger partial charge in [-0.1, -0.05) is 11.8 Å². The van der Waals surface area contributed by atoms with Gasteiger partial charge in [0.25, 0.3) is 0 Å². The third-order valence-electron chi connectivity index (χ3n) is 2.66. The Balaban J connectivity index is 1.87. The number of hydrogen-bond acceptors (Lipinski definition) is 6. The number of nitrogens with zero attached hydrogens (tertiary/aromatic N) is 4. The largest absolute Gasteiger partial charge is 0.336 e. The fraction of sp³-hybridized carbons (Fsp3) is 0.727. The van der Waals surface area contributed by atoms with Crippen LogP contribution in [-0.4, -0.2) is 43.4 Å². The summed E-state index contributed by atoms with van der Waals surface area (Å²) in [5.41, 5.74) is 0. The van der Waals surface area contributed by atoms with Gasteiger partial charge in [0.05, 0.1) is 11.3 Å². The van der Waals surface area contributed by atoms with Gasteiger partial charge in [-0.3, -0.25) is 10.1 Å². The molecule has 1 aromatic rings. The van der Waals surface area contributed by atoms with Crippen molar-refractivity contribution in [2.24, 2.45) is 0 Å². The number of amides is 3. The lowest BCUT2D eigenvalue weighted by Crippen LogP contribution is -2.45. The van der Waals surface area contributed by atoms with Gasteiger partial charge in [-0.15, -0.1) is 5.10 Å². The Kier molecular flexibility index (Phi) is 4.58. The third kappa shape index (κ3) is 3.92. The Hall–Kier alpha value is -1.64. The van der Waals surface area contributed by atoms with Gasteiger partial charge in [-0.2, -0.15) is 0 Å². The van der Waals surface area contributed by atoms with Crippen LogP contribution >= 0.6 is 11.8 Å². The van der Waals surface area contributed by atoms with Crippen molar-refractivity contribution in [2.75, 3.05) is 0 Å². The molecular formula is C11H18N6O2S. The first-order valence-corrected chi connectivity index (χ1v) is 7.41. The summed E-state index contributed by atoms with van der Waals surface area (Å²) in [6.45, 7) is 5.37. The molecule has 1 saturated carbocycles. The molecule has 0 bridgehead atoms. The molecule has 0 unspecified atom stereocenters. The van der Waals surface area contributed by atoms with E-state index in [0.717, 1.165) is 12.8 Å². The minimum atomic E-state index is -0.487. The number of carbonyl (C=O) groups is 2. The lowest BCUT2D eigenvalue weighted by atomic mass is 10.4. The molecule has 1 aliphatic rings. The van der Waals surface area contributed by atoms with Crippen molar-refractivity contribution >= 4 is 23.7 Å². The Morgan fingerprint density at radius 2 is 2.05 bits per heavy atom. The van der Waals surface area contributed by atoms with Crippen LogP contribution in [0.4, 0.5) is 4.79 Å². The van der Waals surface area contributed by atoms with E-state index in [2.05, 4.69) is 26.2 Å². The second-order valence-corrected chi connectivity index (χ2v) is 6.32. The average molecular weight is 298 g/mol. The van der Waals surface area contributed by atoms with E-state index >= 15 is 0 Å². The van der Waals surface area contributed by atoms with Crippen molar-refractivity contribution in [1.82, 2.24) is 30.8 Å². The zero-order valence-corrected chi connectivity index (χ0v) is 12.5. The summed E-state index contributed by atoms with van der Waals surface area (Å²) < 4.78 is 1.74. The van der Waals surface area contributed by atoms with E-state index in [1.54, 1.807) is 11.6 Å². The highest BCUT2D eigenvalue weighted by Crippen LogP contribution is 2.37. The molecule has 0 aromatic carbocycles. The smallest absolute Gasteiger partial charge is 0.321 e. The third-order valence-corrected chi connectivity index (χ3v) is 3.71. The van der Waals surface area contributed by atoms with Crippen LogP contribution in [-0.2, 0) is 4.79 Å². The molecule has 1 heterocycles. The van der Waals surface area contributed by atoms with Crippen molar-refractivity contribution < 1.29 is 9.59 Å². The summed E-state index contributed by atoms with van der Waals surface area (Å²) in [6.07, 6.45) is 2.13. The predicted octanol–water partition coefficient (Wildman–Crippen LogP) is 0.723. The molecule has 0 spiro atoms. The summed E-state index contributed by atoms with van der Waals surface area (Å²) >= 11 is 1.25. The van der Waals surface area contributed by atoms with Gasteiger partial charge in [0.1, 0.15) is 0 Å². The zero-order valence-electron chi connectivity index (χ0n) is 11.7. The number of aromatic nitrogens is 4. The van der Waals surface area contributed by atoms with Crippen LogP contribution in [0.2, 0.25) is 0 Å². The van der Waals surface area contributed by atoms with Crippen LogP contribution in [0.15, 0.2) is 5.16 Å². The SMILES string of the molecule is CC(C)NC(=O)NC(=O)[C@H](C)Sc1nnnn1C1CC1. The standard InChI is InChI=1S/C11H18N6O2S/c1-6(2)12-10(19)13-9(18)7(3)20-11-14-15-16-17(11)8-4-5-8/h6-8H,4-5H2,1-3H3,(H2,12,13,18,19)/t7-/m0/s1. The number of thioether (sulfide) groups is 1. The summed E-state index contributed by atoms with van der Waals surface area (Å²) in [6, 6.07) is -0.154. The van der Waals surface area contributed by atoms with Gasteiger partial charge in [0, 0.05) is 6.04 Å². The van der Waals surface area contributed by atoms with E-state index in [1.165, 1.54) is 11.8 Å². The molecule has 1 atom stereocenters. The molecule has 1 aromatic heterocycles. The molecule has 0 saturated heterocycles. The van der Waals surface area contributed by atoms with Gasteiger partial charge in [-0.25, -0.2) is 9.48 Å².